The number of ether oxygens (including phenoxy) is 3. The van der Waals surface area contributed by atoms with Crippen LogP contribution in [0.4, 0.5) is 0 Å². The van der Waals surface area contributed by atoms with Gasteiger partial charge in [0.2, 0.25) is 5.75 Å². The van der Waals surface area contributed by atoms with Crippen molar-refractivity contribution >= 4 is 0 Å². The van der Waals surface area contributed by atoms with Crippen LogP contribution in [0.3, 0.4) is 0 Å². The normalized spacial score (nSPS) is 11.8. The molecule has 1 unspecified atom stereocenters. The van der Waals surface area contributed by atoms with Crippen molar-refractivity contribution in [3.05, 3.63) is 53.6 Å². The molecule has 0 aliphatic heterocycles. The molecule has 23 heavy (non-hydrogen) atoms. The topological polar surface area (TPSA) is 60.0 Å². The smallest absolute Gasteiger partial charge is 0.203 e. The van der Waals surface area contributed by atoms with Crippen LogP contribution in [-0.4, -0.2) is 33.0 Å². The van der Waals surface area contributed by atoms with Gasteiger partial charge in [0.05, 0.1) is 27.4 Å². The highest BCUT2D eigenvalue weighted by atomic mass is 16.5. The minimum Gasteiger partial charge on any atom is -0.493 e. The molecule has 0 saturated heterocycles. The fourth-order valence-electron chi connectivity index (χ4n) is 2.38. The van der Waals surface area contributed by atoms with E-state index in [0.29, 0.717) is 30.3 Å². The van der Waals surface area contributed by atoms with Crippen LogP contribution < -0.4 is 19.5 Å². The highest BCUT2D eigenvalue weighted by Gasteiger charge is 2.13. The van der Waals surface area contributed by atoms with Gasteiger partial charge in [0, 0.05) is 13.1 Å². The standard InChI is InChI=1S/C18H23NO4/c1-21-16-9-13(10-17(22-2)18(16)23-3)11-19-12-15(20)14-7-5-4-6-8-14/h4-10,15,19-20H,11-12H2,1-3H3. The number of hydrogen-bond donors (Lipinski definition) is 2. The van der Waals surface area contributed by atoms with Crippen LogP contribution in [0.1, 0.15) is 17.2 Å². The zero-order valence-electron chi connectivity index (χ0n) is 13.7. The third kappa shape index (κ3) is 4.37. The molecule has 0 spiro atoms. The van der Waals surface area contributed by atoms with E-state index < -0.39 is 6.10 Å². The Kier molecular flexibility index (Phi) is 6.26. The molecule has 124 valence electrons. The fraction of sp³-hybridized carbons (Fsp3) is 0.333. The van der Waals surface area contributed by atoms with E-state index in [-0.39, 0.29) is 0 Å². The van der Waals surface area contributed by atoms with E-state index in [2.05, 4.69) is 5.32 Å². The van der Waals surface area contributed by atoms with Crippen molar-refractivity contribution in [2.45, 2.75) is 12.6 Å². The van der Waals surface area contributed by atoms with Gasteiger partial charge >= 0.3 is 0 Å². The fourth-order valence-corrected chi connectivity index (χ4v) is 2.38. The van der Waals surface area contributed by atoms with Gasteiger partial charge in [0.1, 0.15) is 0 Å². The number of aliphatic hydroxyl groups excluding tert-OH is 1. The Hall–Kier alpha value is -2.24. The Morgan fingerprint density at radius 1 is 0.957 bits per heavy atom. The summed E-state index contributed by atoms with van der Waals surface area (Å²) in [6.07, 6.45) is -0.543. The molecule has 0 radical (unpaired) electrons. The molecule has 0 aliphatic carbocycles. The van der Waals surface area contributed by atoms with Crippen LogP contribution in [0, 0.1) is 0 Å². The van der Waals surface area contributed by atoms with Crippen LogP contribution in [0.25, 0.3) is 0 Å². The zero-order chi connectivity index (χ0) is 16.7. The Balaban J connectivity index is 2.00. The summed E-state index contributed by atoms with van der Waals surface area (Å²) >= 11 is 0. The molecule has 5 heteroatoms. The molecule has 0 aliphatic rings. The molecule has 0 aromatic heterocycles. The van der Waals surface area contributed by atoms with Crippen molar-refractivity contribution in [1.82, 2.24) is 5.32 Å². The van der Waals surface area contributed by atoms with Crippen LogP contribution in [0.15, 0.2) is 42.5 Å². The van der Waals surface area contributed by atoms with E-state index in [0.717, 1.165) is 11.1 Å². The maximum atomic E-state index is 10.2. The van der Waals surface area contributed by atoms with Crippen molar-refractivity contribution in [3.63, 3.8) is 0 Å². The van der Waals surface area contributed by atoms with Crippen LogP contribution in [-0.2, 0) is 6.54 Å². The second kappa shape index (κ2) is 8.41. The van der Waals surface area contributed by atoms with Gasteiger partial charge in [0.15, 0.2) is 11.5 Å². The zero-order valence-corrected chi connectivity index (χ0v) is 13.7. The second-order valence-corrected chi connectivity index (χ2v) is 5.09. The molecule has 0 fully saturated rings. The lowest BCUT2D eigenvalue weighted by Crippen LogP contribution is -2.21. The summed E-state index contributed by atoms with van der Waals surface area (Å²) in [6.45, 7) is 1.04. The summed E-state index contributed by atoms with van der Waals surface area (Å²) in [6, 6.07) is 13.4. The molecule has 1 atom stereocenters. The number of nitrogens with one attached hydrogen (secondary N) is 1. The van der Waals surface area contributed by atoms with E-state index in [1.165, 1.54) is 0 Å². The van der Waals surface area contributed by atoms with Crippen molar-refractivity contribution < 1.29 is 19.3 Å². The van der Waals surface area contributed by atoms with E-state index in [1.807, 2.05) is 42.5 Å². The third-order valence-corrected chi connectivity index (χ3v) is 3.58. The SMILES string of the molecule is COc1cc(CNCC(O)c2ccccc2)cc(OC)c1OC. The Labute approximate surface area is 136 Å². The summed E-state index contributed by atoms with van der Waals surface area (Å²) in [7, 11) is 4.76. The van der Waals surface area contributed by atoms with Gasteiger partial charge in [-0.3, -0.25) is 0 Å². The van der Waals surface area contributed by atoms with E-state index in [9.17, 15) is 5.11 Å². The number of rotatable bonds is 8. The van der Waals surface area contributed by atoms with Gasteiger partial charge in [-0.15, -0.1) is 0 Å². The van der Waals surface area contributed by atoms with Crippen molar-refractivity contribution in [2.75, 3.05) is 27.9 Å². The number of benzene rings is 2. The first-order valence-corrected chi connectivity index (χ1v) is 7.42. The van der Waals surface area contributed by atoms with Gasteiger partial charge in [-0.05, 0) is 23.3 Å². The van der Waals surface area contributed by atoms with Crippen LogP contribution in [0.5, 0.6) is 17.2 Å². The molecular formula is C18H23NO4. The first-order valence-electron chi connectivity index (χ1n) is 7.42. The number of hydrogen-bond acceptors (Lipinski definition) is 5. The molecule has 2 rings (SSSR count). The Morgan fingerprint density at radius 3 is 2.09 bits per heavy atom. The molecule has 0 bridgehead atoms. The van der Waals surface area contributed by atoms with Crippen LogP contribution >= 0.6 is 0 Å². The van der Waals surface area contributed by atoms with E-state index in [1.54, 1.807) is 21.3 Å². The van der Waals surface area contributed by atoms with E-state index in [4.69, 9.17) is 14.2 Å². The molecule has 2 aromatic carbocycles. The first kappa shape index (κ1) is 17.1. The largest absolute Gasteiger partial charge is 0.493 e. The maximum absolute atomic E-state index is 10.2. The van der Waals surface area contributed by atoms with E-state index >= 15 is 0 Å². The quantitative estimate of drug-likeness (QED) is 0.783. The van der Waals surface area contributed by atoms with Gasteiger partial charge < -0.3 is 24.6 Å². The molecule has 0 saturated carbocycles. The van der Waals surface area contributed by atoms with Gasteiger partial charge in [-0.1, -0.05) is 30.3 Å². The molecule has 2 aromatic rings. The average Bonchev–Trinajstić information content (AvgIpc) is 2.61. The van der Waals surface area contributed by atoms with Crippen molar-refractivity contribution in [1.29, 1.82) is 0 Å². The minimum absolute atomic E-state index is 0.459. The van der Waals surface area contributed by atoms with Gasteiger partial charge in [-0.25, -0.2) is 0 Å². The lowest BCUT2D eigenvalue weighted by atomic mass is 10.1. The lowest BCUT2D eigenvalue weighted by molar-refractivity contribution is 0.174. The van der Waals surface area contributed by atoms with Crippen molar-refractivity contribution in [3.8, 4) is 17.2 Å². The maximum Gasteiger partial charge on any atom is 0.203 e. The highest BCUT2D eigenvalue weighted by Crippen LogP contribution is 2.38. The second-order valence-electron chi connectivity index (χ2n) is 5.09. The molecule has 2 N–H and O–H groups in total. The number of methoxy groups -OCH3 is 3. The first-order chi connectivity index (χ1) is 11.2. The summed E-state index contributed by atoms with van der Waals surface area (Å²) in [4.78, 5) is 0. The molecule has 0 heterocycles. The molecule has 5 nitrogen and oxygen atoms in total. The monoisotopic (exact) mass is 317 g/mol. The summed E-state index contributed by atoms with van der Waals surface area (Å²) in [5, 5.41) is 13.4. The predicted octanol–water partition coefficient (Wildman–Crippen LogP) is 2.54. The molecule has 0 amide bonds. The lowest BCUT2D eigenvalue weighted by Gasteiger charge is -2.15. The number of aliphatic hydroxyl groups is 1. The minimum atomic E-state index is -0.543. The third-order valence-electron chi connectivity index (χ3n) is 3.58. The van der Waals surface area contributed by atoms with Gasteiger partial charge in [-0.2, -0.15) is 0 Å². The summed E-state index contributed by atoms with van der Waals surface area (Å²) in [5.74, 6) is 1.81. The molecular weight excluding hydrogens is 294 g/mol. The Bertz CT molecular complexity index is 591. The predicted molar refractivity (Wildman–Crippen MR) is 89.2 cm³/mol. The van der Waals surface area contributed by atoms with Crippen LogP contribution in [0.2, 0.25) is 0 Å². The summed E-state index contributed by atoms with van der Waals surface area (Å²) < 4.78 is 16.0. The Morgan fingerprint density at radius 2 is 1.57 bits per heavy atom. The highest BCUT2D eigenvalue weighted by molar-refractivity contribution is 5.53. The van der Waals surface area contributed by atoms with Crippen molar-refractivity contribution in [2.24, 2.45) is 0 Å². The average molecular weight is 317 g/mol. The van der Waals surface area contributed by atoms with Gasteiger partial charge in [0.25, 0.3) is 0 Å². The summed E-state index contributed by atoms with van der Waals surface area (Å²) in [5.41, 5.74) is 1.88.